The maximum Gasteiger partial charge on any atom is 0.307 e. The highest BCUT2D eigenvalue weighted by Crippen LogP contribution is 2.03. The molecule has 1 N–H and O–H groups in total. The fourth-order valence-corrected chi connectivity index (χ4v) is 0.933. The van der Waals surface area contributed by atoms with Crippen molar-refractivity contribution < 1.29 is 9.90 Å². The van der Waals surface area contributed by atoms with Crippen LogP contribution in [-0.2, 0) is 11.2 Å². The average molecular weight is 149 g/mol. The van der Waals surface area contributed by atoms with Gasteiger partial charge in [0.15, 0.2) is 0 Å². The number of hydrogen-bond acceptors (Lipinski definition) is 1. The van der Waals surface area contributed by atoms with Gasteiger partial charge < -0.3 is 5.11 Å². The van der Waals surface area contributed by atoms with Gasteiger partial charge in [0, 0.05) is 0 Å². The number of aryl methyl sites for hydroxylation is 1. The van der Waals surface area contributed by atoms with Crippen LogP contribution in [0.15, 0.2) is 18.2 Å². The molecule has 0 fully saturated rings. The Morgan fingerprint density at radius 2 is 2.45 bits per heavy atom. The Bertz CT molecular complexity index is 266. The van der Waals surface area contributed by atoms with Crippen molar-refractivity contribution in [2.45, 2.75) is 13.3 Å². The predicted molar refractivity (Wildman–Crippen MR) is 41.4 cm³/mol. The number of hydrogen-bond donors (Lipinski definition) is 1. The van der Waals surface area contributed by atoms with E-state index in [2.05, 4.69) is 6.07 Å². The molecule has 2 nitrogen and oxygen atoms in total. The lowest BCUT2D eigenvalue weighted by Gasteiger charge is -1.96. The van der Waals surface area contributed by atoms with Crippen LogP contribution in [0.2, 0.25) is 0 Å². The third-order valence-corrected chi connectivity index (χ3v) is 1.37. The van der Waals surface area contributed by atoms with E-state index in [1.807, 2.05) is 13.0 Å². The molecule has 0 bridgehead atoms. The largest absolute Gasteiger partial charge is 0.481 e. The van der Waals surface area contributed by atoms with Gasteiger partial charge >= 0.3 is 5.97 Å². The zero-order chi connectivity index (χ0) is 8.27. The number of rotatable bonds is 2. The number of carboxylic acids is 1. The highest BCUT2D eigenvalue weighted by atomic mass is 16.4. The van der Waals surface area contributed by atoms with E-state index < -0.39 is 5.97 Å². The third kappa shape index (κ3) is 2.42. The Hall–Kier alpha value is -1.31. The van der Waals surface area contributed by atoms with Crippen LogP contribution < -0.4 is 0 Å². The van der Waals surface area contributed by atoms with Crippen molar-refractivity contribution in [2.75, 3.05) is 0 Å². The summed E-state index contributed by atoms with van der Waals surface area (Å²) in [5.41, 5.74) is 1.80. The first-order valence-corrected chi connectivity index (χ1v) is 3.37. The minimum Gasteiger partial charge on any atom is -0.481 e. The van der Waals surface area contributed by atoms with E-state index in [0.29, 0.717) is 0 Å². The first kappa shape index (κ1) is 7.79. The van der Waals surface area contributed by atoms with Gasteiger partial charge in [-0.05, 0) is 24.1 Å². The van der Waals surface area contributed by atoms with E-state index in [-0.39, 0.29) is 6.42 Å². The average Bonchev–Trinajstić information content (AvgIpc) is 1.85. The maximum atomic E-state index is 10.3. The molecule has 0 spiro atoms. The minimum atomic E-state index is -0.796. The number of benzene rings is 1. The van der Waals surface area contributed by atoms with Gasteiger partial charge in [0.25, 0.3) is 0 Å². The SMILES string of the molecule is Cc1[c]ccc(CC(=O)O)c1. The highest BCUT2D eigenvalue weighted by molar-refractivity contribution is 5.70. The lowest BCUT2D eigenvalue weighted by Crippen LogP contribution is -1.99. The van der Waals surface area contributed by atoms with E-state index >= 15 is 0 Å². The van der Waals surface area contributed by atoms with Gasteiger partial charge in [-0.3, -0.25) is 4.79 Å². The molecule has 1 rings (SSSR count). The van der Waals surface area contributed by atoms with Gasteiger partial charge in [0.1, 0.15) is 0 Å². The van der Waals surface area contributed by atoms with Crippen LogP contribution in [0.3, 0.4) is 0 Å². The fourth-order valence-electron chi connectivity index (χ4n) is 0.933. The van der Waals surface area contributed by atoms with Gasteiger partial charge in [0.05, 0.1) is 6.42 Å². The zero-order valence-electron chi connectivity index (χ0n) is 6.29. The van der Waals surface area contributed by atoms with Crippen LogP contribution in [0.4, 0.5) is 0 Å². The molecule has 0 atom stereocenters. The first-order valence-electron chi connectivity index (χ1n) is 3.37. The second-order valence-corrected chi connectivity index (χ2v) is 2.45. The van der Waals surface area contributed by atoms with Crippen LogP contribution >= 0.6 is 0 Å². The second kappa shape index (κ2) is 3.19. The van der Waals surface area contributed by atoms with E-state index in [9.17, 15) is 4.79 Å². The molecule has 0 amide bonds. The molecular weight excluding hydrogens is 140 g/mol. The van der Waals surface area contributed by atoms with Gasteiger partial charge in [-0.25, -0.2) is 0 Å². The fraction of sp³-hybridized carbons (Fsp3) is 0.222. The van der Waals surface area contributed by atoms with Crippen molar-refractivity contribution in [3.05, 3.63) is 35.4 Å². The Morgan fingerprint density at radius 3 is 3.00 bits per heavy atom. The van der Waals surface area contributed by atoms with Gasteiger partial charge in [-0.2, -0.15) is 0 Å². The third-order valence-electron chi connectivity index (χ3n) is 1.37. The van der Waals surface area contributed by atoms with E-state index in [4.69, 9.17) is 5.11 Å². The number of aliphatic carboxylic acids is 1. The number of carbonyl (C=O) groups is 1. The monoisotopic (exact) mass is 149 g/mol. The normalized spacial score (nSPS) is 9.55. The van der Waals surface area contributed by atoms with Crippen LogP contribution in [0.25, 0.3) is 0 Å². The Labute approximate surface area is 65.5 Å². The van der Waals surface area contributed by atoms with E-state index in [1.54, 1.807) is 12.1 Å². The summed E-state index contributed by atoms with van der Waals surface area (Å²) in [6.07, 6.45) is 0.0928. The lowest BCUT2D eigenvalue weighted by molar-refractivity contribution is -0.136. The molecule has 0 saturated carbocycles. The molecule has 0 saturated heterocycles. The van der Waals surface area contributed by atoms with Crippen molar-refractivity contribution in [2.24, 2.45) is 0 Å². The molecule has 0 aliphatic heterocycles. The molecule has 0 unspecified atom stereocenters. The van der Waals surface area contributed by atoms with Crippen molar-refractivity contribution in [3.8, 4) is 0 Å². The second-order valence-electron chi connectivity index (χ2n) is 2.45. The molecule has 2 heteroatoms. The summed E-state index contributed by atoms with van der Waals surface area (Å²) in [5.74, 6) is -0.796. The van der Waals surface area contributed by atoms with Crippen LogP contribution in [0.1, 0.15) is 11.1 Å². The molecule has 1 radical (unpaired) electrons. The molecule has 11 heavy (non-hydrogen) atoms. The van der Waals surface area contributed by atoms with E-state index in [0.717, 1.165) is 11.1 Å². The summed E-state index contributed by atoms with van der Waals surface area (Å²) >= 11 is 0. The van der Waals surface area contributed by atoms with E-state index in [1.165, 1.54) is 0 Å². The quantitative estimate of drug-likeness (QED) is 0.690. The Kier molecular flexibility index (Phi) is 2.26. The van der Waals surface area contributed by atoms with Crippen molar-refractivity contribution in [1.29, 1.82) is 0 Å². The topological polar surface area (TPSA) is 37.3 Å². The van der Waals surface area contributed by atoms with Crippen molar-refractivity contribution in [1.82, 2.24) is 0 Å². The standard InChI is InChI=1S/C9H9O2/c1-7-3-2-4-8(5-7)6-9(10)11/h2,4-5H,6H2,1H3,(H,10,11). The zero-order valence-corrected chi connectivity index (χ0v) is 6.29. The van der Waals surface area contributed by atoms with Gasteiger partial charge in [-0.1, -0.05) is 18.2 Å². The Morgan fingerprint density at radius 1 is 1.73 bits per heavy atom. The van der Waals surface area contributed by atoms with Crippen LogP contribution in [0, 0.1) is 13.0 Å². The molecule has 0 aliphatic rings. The summed E-state index contributed by atoms with van der Waals surface area (Å²) in [4.78, 5) is 10.3. The lowest BCUT2D eigenvalue weighted by atomic mass is 10.1. The summed E-state index contributed by atoms with van der Waals surface area (Å²) in [6.45, 7) is 1.89. The summed E-state index contributed by atoms with van der Waals surface area (Å²) < 4.78 is 0. The molecular formula is C9H9O2. The summed E-state index contributed by atoms with van der Waals surface area (Å²) in [7, 11) is 0. The van der Waals surface area contributed by atoms with Crippen molar-refractivity contribution >= 4 is 5.97 Å². The minimum absolute atomic E-state index is 0.0928. The molecule has 1 aromatic rings. The molecule has 0 heterocycles. The first-order chi connectivity index (χ1) is 5.18. The predicted octanol–water partition coefficient (Wildman–Crippen LogP) is 1.42. The van der Waals surface area contributed by atoms with Crippen LogP contribution in [0.5, 0.6) is 0 Å². The van der Waals surface area contributed by atoms with Gasteiger partial charge in [-0.15, -0.1) is 0 Å². The molecule has 0 aromatic heterocycles. The smallest absolute Gasteiger partial charge is 0.307 e. The molecule has 57 valence electrons. The molecule has 0 aliphatic carbocycles. The molecule has 1 aromatic carbocycles. The Balaban J connectivity index is 2.79. The van der Waals surface area contributed by atoms with Crippen molar-refractivity contribution in [3.63, 3.8) is 0 Å². The summed E-state index contributed by atoms with van der Waals surface area (Å²) in [6, 6.07) is 8.29. The van der Waals surface area contributed by atoms with Crippen LogP contribution in [-0.4, -0.2) is 11.1 Å². The summed E-state index contributed by atoms with van der Waals surface area (Å²) in [5, 5.41) is 8.45. The highest BCUT2D eigenvalue weighted by Gasteiger charge is 1.98. The number of carboxylic acid groups (broad SMARTS) is 1. The van der Waals surface area contributed by atoms with Gasteiger partial charge in [0.2, 0.25) is 0 Å². The maximum absolute atomic E-state index is 10.3.